The van der Waals surface area contributed by atoms with Crippen LogP contribution >= 0.6 is 0 Å². The van der Waals surface area contributed by atoms with Crippen molar-refractivity contribution in [2.75, 3.05) is 13.2 Å². The summed E-state index contributed by atoms with van der Waals surface area (Å²) in [5, 5.41) is 17.8. The Morgan fingerprint density at radius 3 is 1.47 bits per heavy atom. The SMILES string of the molecule is CCCC(CCO)OC(CCC)CCO. The van der Waals surface area contributed by atoms with E-state index in [1.54, 1.807) is 0 Å². The van der Waals surface area contributed by atoms with Gasteiger partial charge in [-0.25, -0.2) is 0 Å². The van der Waals surface area contributed by atoms with E-state index < -0.39 is 0 Å². The Morgan fingerprint density at radius 1 is 0.800 bits per heavy atom. The maximum Gasteiger partial charge on any atom is 0.0600 e. The van der Waals surface area contributed by atoms with Gasteiger partial charge >= 0.3 is 0 Å². The Kier molecular flexibility index (Phi) is 10.3. The van der Waals surface area contributed by atoms with Crippen molar-refractivity contribution < 1.29 is 14.9 Å². The fraction of sp³-hybridized carbons (Fsp3) is 1.00. The molecular weight excluding hydrogens is 192 g/mol. The van der Waals surface area contributed by atoms with Crippen LogP contribution in [0.15, 0.2) is 0 Å². The molecule has 0 aliphatic carbocycles. The van der Waals surface area contributed by atoms with E-state index in [4.69, 9.17) is 14.9 Å². The Hall–Kier alpha value is -0.120. The van der Waals surface area contributed by atoms with E-state index in [9.17, 15) is 0 Å². The molecule has 0 saturated heterocycles. The molecule has 2 N–H and O–H groups in total. The second-order valence-electron chi connectivity index (χ2n) is 3.98. The molecular formula is C12H26O3. The molecule has 0 spiro atoms. The molecule has 0 radical (unpaired) electrons. The van der Waals surface area contributed by atoms with E-state index in [2.05, 4.69) is 13.8 Å². The van der Waals surface area contributed by atoms with Crippen molar-refractivity contribution in [3.63, 3.8) is 0 Å². The molecule has 2 atom stereocenters. The summed E-state index contributed by atoms with van der Waals surface area (Å²) in [6, 6.07) is 0. The zero-order chi connectivity index (χ0) is 11.5. The molecule has 0 amide bonds. The normalized spacial score (nSPS) is 15.2. The van der Waals surface area contributed by atoms with E-state index in [1.807, 2.05) is 0 Å². The number of aliphatic hydroxyl groups is 2. The smallest absolute Gasteiger partial charge is 0.0600 e. The Bertz CT molecular complexity index is 102. The van der Waals surface area contributed by atoms with Crippen LogP contribution in [0.4, 0.5) is 0 Å². The van der Waals surface area contributed by atoms with Crippen molar-refractivity contribution in [2.24, 2.45) is 0 Å². The van der Waals surface area contributed by atoms with Gasteiger partial charge in [0, 0.05) is 13.2 Å². The lowest BCUT2D eigenvalue weighted by atomic mass is 10.1. The van der Waals surface area contributed by atoms with Gasteiger partial charge in [-0.1, -0.05) is 26.7 Å². The zero-order valence-electron chi connectivity index (χ0n) is 10.1. The minimum atomic E-state index is 0.156. The summed E-state index contributed by atoms with van der Waals surface area (Å²) in [7, 11) is 0. The lowest BCUT2D eigenvalue weighted by Gasteiger charge is -2.23. The van der Waals surface area contributed by atoms with Gasteiger partial charge in [0.1, 0.15) is 0 Å². The van der Waals surface area contributed by atoms with Gasteiger partial charge in [-0.2, -0.15) is 0 Å². The van der Waals surface area contributed by atoms with Crippen molar-refractivity contribution in [1.82, 2.24) is 0 Å². The van der Waals surface area contributed by atoms with Crippen LogP contribution in [-0.2, 0) is 4.74 Å². The van der Waals surface area contributed by atoms with Crippen LogP contribution in [0.2, 0.25) is 0 Å². The molecule has 0 heterocycles. The molecule has 0 aromatic carbocycles. The fourth-order valence-electron chi connectivity index (χ4n) is 1.76. The first kappa shape index (κ1) is 14.9. The van der Waals surface area contributed by atoms with E-state index in [0.717, 1.165) is 25.7 Å². The monoisotopic (exact) mass is 218 g/mol. The second-order valence-corrected chi connectivity index (χ2v) is 3.98. The molecule has 3 heteroatoms. The number of rotatable bonds is 10. The number of ether oxygens (including phenoxy) is 1. The zero-order valence-corrected chi connectivity index (χ0v) is 10.1. The average Bonchev–Trinajstić information content (AvgIpc) is 2.19. The Balaban J connectivity index is 3.93. The van der Waals surface area contributed by atoms with Crippen LogP contribution in [0.1, 0.15) is 52.4 Å². The number of hydrogen-bond donors (Lipinski definition) is 2. The molecule has 0 aliphatic heterocycles. The third kappa shape index (κ3) is 7.77. The number of aliphatic hydroxyl groups excluding tert-OH is 2. The third-order valence-corrected chi connectivity index (χ3v) is 2.51. The van der Waals surface area contributed by atoms with Gasteiger partial charge in [0.05, 0.1) is 12.2 Å². The summed E-state index contributed by atoms with van der Waals surface area (Å²) in [6.45, 7) is 4.61. The number of hydrogen-bond acceptors (Lipinski definition) is 3. The third-order valence-electron chi connectivity index (χ3n) is 2.51. The van der Waals surface area contributed by atoms with Crippen molar-refractivity contribution in [3.05, 3.63) is 0 Å². The molecule has 0 saturated carbocycles. The summed E-state index contributed by atoms with van der Waals surface area (Å²) in [4.78, 5) is 0. The first-order valence-electron chi connectivity index (χ1n) is 6.15. The summed E-state index contributed by atoms with van der Waals surface area (Å²) < 4.78 is 5.89. The Morgan fingerprint density at radius 2 is 1.20 bits per heavy atom. The van der Waals surface area contributed by atoms with Gasteiger partial charge < -0.3 is 14.9 Å². The quantitative estimate of drug-likeness (QED) is 0.590. The first-order valence-corrected chi connectivity index (χ1v) is 6.15. The molecule has 15 heavy (non-hydrogen) atoms. The topological polar surface area (TPSA) is 49.7 Å². The summed E-state index contributed by atoms with van der Waals surface area (Å²) in [6.07, 6.45) is 5.86. The molecule has 92 valence electrons. The molecule has 3 nitrogen and oxygen atoms in total. The van der Waals surface area contributed by atoms with Crippen LogP contribution in [0.5, 0.6) is 0 Å². The van der Waals surface area contributed by atoms with Crippen LogP contribution in [0, 0.1) is 0 Å². The minimum Gasteiger partial charge on any atom is -0.396 e. The standard InChI is InChI=1S/C12H26O3/c1-3-5-11(7-9-13)15-12(6-4-2)8-10-14/h11-14H,3-10H2,1-2H3. The van der Waals surface area contributed by atoms with Crippen molar-refractivity contribution >= 4 is 0 Å². The summed E-state index contributed by atoms with van der Waals surface area (Å²) in [5.74, 6) is 0. The predicted molar refractivity (Wildman–Crippen MR) is 61.9 cm³/mol. The minimum absolute atomic E-state index is 0.156. The van der Waals surface area contributed by atoms with Gasteiger partial charge in [-0.05, 0) is 25.7 Å². The molecule has 0 rings (SSSR count). The van der Waals surface area contributed by atoms with Crippen LogP contribution in [0.25, 0.3) is 0 Å². The lowest BCUT2D eigenvalue weighted by Crippen LogP contribution is -2.24. The highest BCUT2D eigenvalue weighted by molar-refractivity contribution is 4.63. The van der Waals surface area contributed by atoms with Gasteiger partial charge in [-0.15, -0.1) is 0 Å². The van der Waals surface area contributed by atoms with Crippen molar-refractivity contribution in [1.29, 1.82) is 0 Å². The first-order chi connectivity index (χ1) is 7.28. The molecule has 0 bridgehead atoms. The van der Waals surface area contributed by atoms with Crippen LogP contribution < -0.4 is 0 Å². The van der Waals surface area contributed by atoms with E-state index >= 15 is 0 Å². The van der Waals surface area contributed by atoms with Crippen molar-refractivity contribution in [3.8, 4) is 0 Å². The largest absolute Gasteiger partial charge is 0.396 e. The van der Waals surface area contributed by atoms with Crippen LogP contribution in [0.3, 0.4) is 0 Å². The van der Waals surface area contributed by atoms with Crippen molar-refractivity contribution in [2.45, 2.75) is 64.6 Å². The fourth-order valence-corrected chi connectivity index (χ4v) is 1.76. The van der Waals surface area contributed by atoms with Crippen LogP contribution in [-0.4, -0.2) is 35.6 Å². The molecule has 0 fully saturated rings. The lowest BCUT2D eigenvalue weighted by molar-refractivity contribution is -0.0404. The molecule has 0 aromatic rings. The van der Waals surface area contributed by atoms with Gasteiger partial charge in [0.15, 0.2) is 0 Å². The van der Waals surface area contributed by atoms with E-state index in [0.29, 0.717) is 12.8 Å². The summed E-state index contributed by atoms with van der Waals surface area (Å²) >= 11 is 0. The Labute approximate surface area is 93.5 Å². The molecule has 0 aromatic heterocycles. The highest BCUT2D eigenvalue weighted by Crippen LogP contribution is 2.15. The molecule has 2 unspecified atom stereocenters. The van der Waals surface area contributed by atoms with Gasteiger partial charge in [-0.3, -0.25) is 0 Å². The van der Waals surface area contributed by atoms with Gasteiger partial charge in [0.2, 0.25) is 0 Å². The average molecular weight is 218 g/mol. The molecule has 0 aliphatic rings. The highest BCUT2D eigenvalue weighted by atomic mass is 16.5. The summed E-state index contributed by atoms with van der Waals surface area (Å²) in [5.41, 5.74) is 0. The maximum atomic E-state index is 8.91. The van der Waals surface area contributed by atoms with Gasteiger partial charge in [0.25, 0.3) is 0 Å². The van der Waals surface area contributed by atoms with E-state index in [-0.39, 0.29) is 25.4 Å². The maximum absolute atomic E-state index is 8.91. The van der Waals surface area contributed by atoms with E-state index in [1.165, 1.54) is 0 Å². The predicted octanol–water partition coefficient (Wildman–Crippen LogP) is 2.11. The second kappa shape index (κ2) is 10.4. The highest BCUT2D eigenvalue weighted by Gasteiger charge is 2.14.